The molecule has 24 heavy (non-hydrogen) atoms. The molecule has 1 amide bonds. The number of carbonyl (C=O) groups excluding carboxylic acids is 1. The van der Waals surface area contributed by atoms with E-state index in [0.717, 1.165) is 17.3 Å². The van der Waals surface area contributed by atoms with Crippen molar-refractivity contribution in [3.8, 4) is 11.9 Å². The minimum absolute atomic E-state index is 0.0245. The van der Waals surface area contributed by atoms with E-state index in [1.807, 2.05) is 29.2 Å². The molecule has 1 aromatic heterocycles. The fourth-order valence-corrected chi connectivity index (χ4v) is 3.16. The lowest BCUT2D eigenvalue weighted by Crippen LogP contribution is -2.42. The van der Waals surface area contributed by atoms with Crippen molar-refractivity contribution in [3.63, 3.8) is 0 Å². The maximum Gasteiger partial charge on any atom is 0.255 e. The van der Waals surface area contributed by atoms with Gasteiger partial charge in [-0.15, -0.1) is 0 Å². The predicted octanol–water partition coefficient (Wildman–Crippen LogP) is 3.40. The third kappa shape index (κ3) is 3.57. The summed E-state index contributed by atoms with van der Waals surface area (Å²) in [6.45, 7) is 1.25. The third-order valence-electron chi connectivity index (χ3n) is 4.00. The van der Waals surface area contributed by atoms with Gasteiger partial charge in [0.2, 0.25) is 5.88 Å². The molecule has 122 valence electrons. The smallest absolute Gasteiger partial charge is 0.255 e. The molecular weight excluding hydrogens is 370 g/mol. The zero-order valence-electron chi connectivity index (χ0n) is 13.0. The van der Waals surface area contributed by atoms with E-state index in [4.69, 9.17) is 10.00 Å². The van der Waals surface area contributed by atoms with Crippen LogP contribution in [0.2, 0.25) is 0 Å². The van der Waals surface area contributed by atoms with Gasteiger partial charge in [-0.3, -0.25) is 4.79 Å². The number of rotatable bonds is 3. The quantitative estimate of drug-likeness (QED) is 0.811. The number of aromatic nitrogens is 1. The first-order valence-electron chi connectivity index (χ1n) is 7.74. The highest BCUT2D eigenvalue weighted by Crippen LogP contribution is 2.23. The molecule has 0 bridgehead atoms. The molecule has 0 spiro atoms. The molecule has 1 aliphatic rings. The lowest BCUT2D eigenvalue weighted by atomic mass is 10.1. The Balaban J connectivity index is 1.61. The SMILES string of the molecule is N#Cc1cccnc1OC1CCN(C(=O)c2ccccc2Br)CC1. The van der Waals surface area contributed by atoms with Crippen LogP contribution < -0.4 is 4.74 Å². The highest BCUT2D eigenvalue weighted by molar-refractivity contribution is 9.10. The number of nitriles is 1. The van der Waals surface area contributed by atoms with Crippen LogP contribution >= 0.6 is 15.9 Å². The number of hydrogen-bond donors (Lipinski definition) is 0. The maximum absolute atomic E-state index is 12.6. The molecule has 5 nitrogen and oxygen atoms in total. The number of hydrogen-bond acceptors (Lipinski definition) is 4. The van der Waals surface area contributed by atoms with E-state index in [9.17, 15) is 4.79 Å². The van der Waals surface area contributed by atoms with Crippen molar-refractivity contribution in [2.45, 2.75) is 18.9 Å². The molecule has 1 aromatic carbocycles. The standard InChI is InChI=1S/C18H16BrN3O2/c19-16-6-2-1-5-15(16)18(23)22-10-7-14(8-11-22)24-17-13(12-20)4-3-9-21-17/h1-6,9,14H,7-8,10-11H2. The Morgan fingerprint density at radius 3 is 2.71 bits per heavy atom. The Morgan fingerprint density at radius 2 is 2.00 bits per heavy atom. The number of amides is 1. The van der Waals surface area contributed by atoms with E-state index in [2.05, 4.69) is 27.0 Å². The second kappa shape index (κ2) is 7.45. The van der Waals surface area contributed by atoms with Gasteiger partial charge in [-0.1, -0.05) is 12.1 Å². The monoisotopic (exact) mass is 385 g/mol. The lowest BCUT2D eigenvalue weighted by Gasteiger charge is -2.32. The second-order valence-corrected chi connectivity index (χ2v) is 6.41. The van der Waals surface area contributed by atoms with Gasteiger partial charge < -0.3 is 9.64 Å². The van der Waals surface area contributed by atoms with Gasteiger partial charge in [-0.2, -0.15) is 5.26 Å². The van der Waals surface area contributed by atoms with Crippen LogP contribution in [-0.2, 0) is 0 Å². The normalized spacial score (nSPS) is 14.9. The third-order valence-corrected chi connectivity index (χ3v) is 4.69. The summed E-state index contributed by atoms with van der Waals surface area (Å²) in [5.74, 6) is 0.395. The Labute approximate surface area is 149 Å². The second-order valence-electron chi connectivity index (χ2n) is 5.56. The molecule has 2 aromatic rings. The average Bonchev–Trinajstić information content (AvgIpc) is 2.63. The van der Waals surface area contributed by atoms with E-state index in [1.165, 1.54) is 0 Å². The van der Waals surface area contributed by atoms with Crippen LogP contribution in [0.4, 0.5) is 0 Å². The van der Waals surface area contributed by atoms with Gasteiger partial charge in [-0.25, -0.2) is 4.98 Å². The van der Waals surface area contributed by atoms with E-state index in [0.29, 0.717) is 30.1 Å². The number of ether oxygens (including phenoxy) is 1. The van der Waals surface area contributed by atoms with Crippen LogP contribution in [0.1, 0.15) is 28.8 Å². The number of piperidine rings is 1. The van der Waals surface area contributed by atoms with Gasteiger partial charge in [0.1, 0.15) is 17.7 Å². The molecule has 0 saturated carbocycles. The van der Waals surface area contributed by atoms with Crippen LogP contribution in [-0.4, -0.2) is 35.0 Å². The first-order chi connectivity index (χ1) is 11.7. The van der Waals surface area contributed by atoms with Gasteiger partial charge in [0, 0.05) is 36.6 Å². The molecule has 0 radical (unpaired) electrons. The molecule has 1 aliphatic heterocycles. The number of benzene rings is 1. The highest BCUT2D eigenvalue weighted by atomic mass is 79.9. The van der Waals surface area contributed by atoms with Crippen molar-refractivity contribution in [2.75, 3.05) is 13.1 Å². The first-order valence-corrected chi connectivity index (χ1v) is 8.54. The Bertz CT molecular complexity index is 780. The summed E-state index contributed by atoms with van der Waals surface area (Å²) in [6, 6.07) is 12.9. The number of likely N-dealkylation sites (tertiary alicyclic amines) is 1. The fraction of sp³-hybridized carbons (Fsp3) is 0.278. The van der Waals surface area contributed by atoms with Crippen molar-refractivity contribution in [3.05, 3.63) is 58.2 Å². The van der Waals surface area contributed by atoms with E-state index in [1.54, 1.807) is 18.3 Å². The fourth-order valence-electron chi connectivity index (χ4n) is 2.71. The first kappa shape index (κ1) is 16.5. The largest absolute Gasteiger partial charge is 0.473 e. The van der Waals surface area contributed by atoms with E-state index >= 15 is 0 Å². The molecule has 0 N–H and O–H groups in total. The summed E-state index contributed by atoms with van der Waals surface area (Å²) < 4.78 is 6.66. The summed E-state index contributed by atoms with van der Waals surface area (Å²) in [4.78, 5) is 18.5. The minimum Gasteiger partial charge on any atom is -0.473 e. The Morgan fingerprint density at radius 1 is 1.25 bits per heavy atom. The molecule has 1 fully saturated rings. The number of pyridine rings is 1. The van der Waals surface area contributed by atoms with Gasteiger partial charge in [0.15, 0.2) is 0 Å². The van der Waals surface area contributed by atoms with Crippen molar-refractivity contribution in [2.24, 2.45) is 0 Å². The summed E-state index contributed by atoms with van der Waals surface area (Å²) in [6.07, 6.45) is 3.02. The maximum atomic E-state index is 12.6. The van der Waals surface area contributed by atoms with Crippen LogP contribution in [0, 0.1) is 11.3 Å². The molecule has 0 unspecified atom stereocenters. The van der Waals surface area contributed by atoms with E-state index < -0.39 is 0 Å². The molecule has 1 saturated heterocycles. The van der Waals surface area contributed by atoms with Crippen molar-refractivity contribution in [1.82, 2.24) is 9.88 Å². The molecule has 0 aliphatic carbocycles. The summed E-state index contributed by atoms with van der Waals surface area (Å²) in [5.41, 5.74) is 1.11. The highest BCUT2D eigenvalue weighted by Gasteiger charge is 2.26. The van der Waals surface area contributed by atoms with Crippen LogP contribution in [0.3, 0.4) is 0 Å². The zero-order chi connectivity index (χ0) is 16.9. The number of halogens is 1. The van der Waals surface area contributed by atoms with Gasteiger partial charge in [0.05, 0.1) is 5.56 Å². The Kier molecular flexibility index (Phi) is 5.11. The van der Waals surface area contributed by atoms with Crippen LogP contribution in [0.25, 0.3) is 0 Å². The molecular formula is C18H16BrN3O2. The Hall–Kier alpha value is -2.39. The summed E-state index contributed by atoms with van der Waals surface area (Å²) in [7, 11) is 0. The molecule has 2 heterocycles. The van der Waals surface area contributed by atoms with Crippen LogP contribution in [0.15, 0.2) is 47.1 Å². The van der Waals surface area contributed by atoms with Gasteiger partial charge in [0.25, 0.3) is 5.91 Å². The molecule has 0 atom stereocenters. The van der Waals surface area contributed by atoms with Gasteiger partial charge in [-0.05, 0) is 40.2 Å². The summed E-state index contributed by atoms with van der Waals surface area (Å²) in [5, 5.41) is 9.09. The van der Waals surface area contributed by atoms with Crippen molar-refractivity contribution < 1.29 is 9.53 Å². The van der Waals surface area contributed by atoms with E-state index in [-0.39, 0.29) is 12.0 Å². The number of carbonyl (C=O) groups is 1. The van der Waals surface area contributed by atoms with Crippen molar-refractivity contribution in [1.29, 1.82) is 5.26 Å². The lowest BCUT2D eigenvalue weighted by molar-refractivity contribution is 0.0586. The average molecular weight is 386 g/mol. The van der Waals surface area contributed by atoms with Crippen molar-refractivity contribution >= 4 is 21.8 Å². The molecule has 6 heteroatoms. The molecule has 3 rings (SSSR count). The zero-order valence-corrected chi connectivity index (χ0v) is 14.6. The van der Waals surface area contributed by atoms with Crippen LogP contribution in [0.5, 0.6) is 5.88 Å². The predicted molar refractivity (Wildman–Crippen MR) is 92.6 cm³/mol. The summed E-state index contributed by atoms with van der Waals surface area (Å²) >= 11 is 3.42. The topological polar surface area (TPSA) is 66.2 Å². The van der Waals surface area contributed by atoms with Gasteiger partial charge >= 0.3 is 0 Å². The number of nitrogens with zero attached hydrogens (tertiary/aromatic N) is 3. The minimum atomic E-state index is -0.0322.